The second-order valence-corrected chi connectivity index (χ2v) is 8.50. The minimum atomic E-state index is -3.53. The molecule has 136 valence electrons. The fraction of sp³-hybridized carbons (Fsp3) is 0.167. The number of sulfonamides is 1. The minimum Gasteiger partial charge on any atom is -0.441 e. The van der Waals surface area contributed by atoms with E-state index in [-0.39, 0.29) is 6.54 Å². The Morgan fingerprint density at radius 3 is 2.38 bits per heavy atom. The van der Waals surface area contributed by atoms with Gasteiger partial charge in [0.2, 0.25) is 15.9 Å². The van der Waals surface area contributed by atoms with Crippen LogP contribution in [0.4, 0.5) is 5.69 Å². The second kappa shape index (κ2) is 7.31. The Morgan fingerprint density at radius 2 is 1.81 bits per heavy atom. The standard InChI is InChI=1S/C18H16Cl2N2O3S/c1-12-10-21-18(25-12)13-6-8-15(9-7-13)22(26(2,23)24)11-14-4-3-5-16(19)17(14)20/h3-10H,11H2,1-2H3. The molecule has 3 aromatic rings. The molecule has 5 nitrogen and oxygen atoms in total. The normalized spacial score (nSPS) is 11.5. The molecule has 0 unspecified atom stereocenters. The molecule has 0 radical (unpaired) electrons. The highest BCUT2D eigenvalue weighted by Crippen LogP contribution is 2.30. The lowest BCUT2D eigenvalue weighted by Gasteiger charge is -2.23. The number of rotatable bonds is 5. The first-order valence-electron chi connectivity index (χ1n) is 7.69. The fourth-order valence-electron chi connectivity index (χ4n) is 2.48. The molecule has 0 fully saturated rings. The molecule has 0 N–H and O–H groups in total. The van der Waals surface area contributed by atoms with Crippen LogP contribution in [0.2, 0.25) is 10.0 Å². The summed E-state index contributed by atoms with van der Waals surface area (Å²) in [6, 6.07) is 12.1. The molecule has 8 heteroatoms. The molecule has 3 rings (SSSR count). The maximum atomic E-state index is 12.3. The molecule has 0 saturated heterocycles. The topological polar surface area (TPSA) is 63.4 Å². The molecule has 0 aliphatic rings. The van der Waals surface area contributed by atoms with Crippen molar-refractivity contribution in [2.45, 2.75) is 13.5 Å². The van der Waals surface area contributed by atoms with Gasteiger partial charge < -0.3 is 4.42 Å². The van der Waals surface area contributed by atoms with Gasteiger partial charge >= 0.3 is 0 Å². The Hall–Kier alpha value is -2.02. The van der Waals surface area contributed by atoms with Crippen LogP contribution in [0, 0.1) is 6.92 Å². The molecule has 0 saturated carbocycles. The second-order valence-electron chi connectivity index (χ2n) is 5.81. The molecular formula is C18H16Cl2N2O3S. The molecule has 0 aliphatic heterocycles. The summed E-state index contributed by atoms with van der Waals surface area (Å²) >= 11 is 12.2. The van der Waals surface area contributed by atoms with Gasteiger partial charge in [-0.25, -0.2) is 13.4 Å². The first-order chi connectivity index (χ1) is 12.3. The number of hydrogen-bond acceptors (Lipinski definition) is 4. The van der Waals surface area contributed by atoms with Gasteiger partial charge in [0.1, 0.15) is 5.76 Å². The van der Waals surface area contributed by atoms with Crippen LogP contribution in [0.15, 0.2) is 53.1 Å². The van der Waals surface area contributed by atoms with E-state index >= 15 is 0 Å². The van der Waals surface area contributed by atoms with Crippen molar-refractivity contribution in [3.05, 3.63) is 70.0 Å². The van der Waals surface area contributed by atoms with E-state index in [0.717, 1.165) is 11.8 Å². The summed E-state index contributed by atoms with van der Waals surface area (Å²) in [5, 5.41) is 0.724. The largest absolute Gasteiger partial charge is 0.441 e. The minimum absolute atomic E-state index is 0.0791. The Kier molecular flexibility index (Phi) is 5.27. The van der Waals surface area contributed by atoms with Crippen LogP contribution in [-0.4, -0.2) is 19.7 Å². The van der Waals surface area contributed by atoms with Gasteiger partial charge in [-0.15, -0.1) is 0 Å². The highest BCUT2D eigenvalue weighted by molar-refractivity contribution is 7.92. The summed E-state index contributed by atoms with van der Waals surface area (Å²) < 4.78 is 31.4. The predicted molar refractivity (Wildman–Crippen MR) is 104 cm³/mol. The first kappa shape index (κ1) is 18.8. The number of anilines is 1. The van der Waals surface area contributed by atoms with Gasteiger partial charge in [-0.2, -0.15) is 0 Å². The highest BCUT2D eigenvalue weighted by Gasteiger charge is 2.20. The van der Waals surface area contributed by atoms with Gasteiger partial charge in [0.15, 0.2) is 0 Å². The Balaban J connectivity index is 1.95. The van der Waals surface area contributed by atoms with Crippen molar-refractivity contribution < 1.29 is 12.8 Å². The molecular weight excluding hydrogens is 395 g/mol. The van der Waals surface area contributed by atoms with E-state index in [0.29, 0.717) is 32.9 Å². The number of aromatic nitrogens is 1. The molecule has 0 amide bonds. The lowest BCUT2D eigenvalue weighted by Crippen LogP contribution is -2.29. The average Bonchev–Trinajstić information content (AvgIpc) is 3.02. The van der Waals surface area contributed by atoms with E-state index in [1.54, 1.807) is 48.7 Å². The molecule has 26 heavy (non-hydrogen) atoms. The third kappa shape index (κ3) is 4.03. The predicted octanol–water partition coefficient (Wildman–Crippen LogP) is 4.92. The smallest absolute Gasteiger partial charge is 0.232 e. The molecule has 1 heterocycles. The Labute approximate surface area is 162 Å². The van der Waals surface area contributed by atoms with Crippen molar-refractivity contribution in [1.82, 2.24) is 4.98 Å². The first-order valence-corrected chi connectivity index (χ1v) is 10.3. The zero-order valence-corrected chi connectivity index (χ0v) is 16.4. The van der Waals surface area contributed by atoms with E-state index < -0.39 is 10.0 Å². The van der Waals surface area contributed by atoms with Crippen LogP contribution in [0.5, 0.6) is 0 Å². The lowest BCUT2D eigenvalue weighted by molar-refractivity contribution is 0.542. The van der Waals surface area contributed by atoms with E-state index in [1.807, 2.05) is 6.92 Å². The Bertz CT molecular complexity index is 1030. The van der Waals surface area contributed by atoms with Gasteiger partial charge in [-0.1, -0.05) is 35.3 Å². The zero-order valence-electron chi connectivity index (χ0n) is 14.1. The van der Waals surface area contributed by atoms with Gasteiger partial charge in [-0.05, 0) is 42.8 Å². The molecule has 0 aliphatic carbocycles. The van der Waals surface area contributed by atoms with Crippen LogP contribution in [-0.2, 0) is 16.6 Å². The fourth-order valence-corrected chi connectivity index (χ4v) is 3.74. The molecule has 0 bridgehead atoms. The summed E-state index contributed by atoms with van der Waals surface area (Å²) in [6.45, 7) is 1.89. The quantitative estimate of drug-likeness (QED) is 0.598. The summed E-state index contributed by atoms with van der Waals surface area (Å²) in [6.07, 6.45) is 2.78. The van der Waals surface area contributed by atoms with Gasteiger partial charge in [0.05, 0.1) is 34.7 Å². The SMILES string of the molecule is Cc1cnc(-c2ccc(N(Cc3cccc(Cl)c3Cl)S(C)(=O)=O)cc2)o1. The van der Waals surface area contributed by atoms with Crippen molar-refractivity contribution in [2.24, 2.45) is 0 Å². The average molecular weight is 411 g/mol. The van der Waals surface area contributed by atoms with Crippen LogP contribution >= 0.6 is 23.2 Å². The van der Waals surface area contributed by atoms with Crippen LogP contribution < -0.4 is 4.31 Å². The number of halogens is 2. The number of hydrogen-bond donors (Lipinski definition) is 0. The van der Waals surface area contributed by atoms with Crippen molar-refractivity contribution in [1.29, 1.82) is 0 Å². The third-order valence-electron chi connectivity index (χ3n) is 3.77. The molecule has 1 aromatic heterocycles. The summed E-state index contributed by atoms with van der Waals surface area (Å²) in [4.78, 5) is 4.17. The number of nitrogens with zero attached hydrogens (tertiary/aromatic N) is 2. The van der Waals surface area contributed by atoms with Gasteiger partial charge in [0, 0.05) is 5.56 Å². The van der Waals surface area contributed by atoms with Crippen LogP contribution in [0.25, 0.3) is 11.5 Å². The summed E-state index contributed by atoms with van der Waals surface area (Å²) in [7, 11) is -3.53. The monoisotopic (exact) mass is 410 g/mol. The van der Waals surface area contributed by atoms with Crippen molar-refractivity contribution in [3.63, 3.8) is 0 Å². The molecule has 0 spiro atoms. The van der Waals surface area contributed by atoms with E-state index in [1.165, 1.54) is 4.31 Å². The zero-order chi connectivity index (χ0) is 18.9. The number of oxazole rings is 1. The highest BCUT2D eigenvalue weighted by atomic mass is 35.5. The number of aryl methyl sites for hydroxylation is 1. The van der Waals surface area contributed by atoms with E-state index in [2.05, 4.69) is 4.98 Å². The number of benzene rings is 2. The van der Waals surface area contributed by atoms with Gasteiger partial charge in [-0.3, -0.25) is 4.31 Å². The van der Waals surface area contributed by atoms with Crippen molar-refractivity contribution in [3.8, 4) is 11.5 Å². The van der Waals surface area contributed by atoms with E-state index in [4.69, 9.17) is 27.6 Å². The lowest BCUT2D eigenvalue weighted by atomic mass is 10.2. The van der Waals surface area contributed by atoms with Crippen molar-refractivity contribution >= 4 is 38.9 Å². The van der Waals surface area contributed by atoms with Crippen LogP contribution in [0.1, 0.15) is 11.3 Å². The third-order valence-corrected chi connectivity index (χ3v) is 5.77. The molecule has 2 aromatic carbocycles. The Morgan fingerprint density at radius 1 is 1.12 bits per heavy atom. The van der Waals surface area contributed by atoms with Crippen LogP contribution in [0.3, 0.4) is 0 Å². The maximum absolute atomic E-state index is 12.3. The van der Waals surface area contributed by atoms with Crippen molar-refractivity contribution in [2.75, 3.05) is 10.6 Å². The molecule has 0 atom stereocenters. The summed E-state index contributed by atoms with van der Waals surface area (Å²) in [5.41, 5.74) is 1.89. The van der Waals surface area contributed by atoms with E-state index in [9.17, 15) is 8.42 Å². The van der Waals surface area contributed by atoms with Gasteiger partial charge in [0.25, 0.3) is 0 Å². The summed E-state index contributed by atoms with van der Waals surface area (Å²) in [5.74, 6) is 1.19. The maximum Gasteiger partial charge on any atom is 0.232 e.